The standard InChI is InChI=1S/C28H32FN3O4/c1-16(2)36-28(35)26(33)21-8-11-24-23(12-21)25(19(5)30-24)27(34)32-14-17(3)31(13-18(32)4)15-20-6-9-22(29)10-7-20/h6-12,16-18,30H,13-15H2,1-5H3/t17-,18+/m0/s1. The van der Waals surface area contributed by atoms with Crippen molar-refractivity contribution >= 4 is 28.6 Å². The number of esters is 1. The van der Waals surface area contributed by atoms with Crippen molar-refractivity contribution in [3.63, 3.8) is 0 Å². The molecule has 190 valence electrons. The molecule has 36 heavy (non-hydrogen) atoms. The number of benzene rings is 2. The lowest BCUT2D eigenvalue weighted by molar-refractivity contribution is -0.141. The van der Waals surface area contributed by atoms with Gasteiger partial charge >= 0.3 is 5.97 Å². The van der Waals surface area contributed by atoms with Crippen molar-refractivity contribution < 1.29 is 23.5 Å². The number of ether oxygens (including phenoxy) is 1. The highest BCUT2D eigenvalue weighted by molar-refractivity contribution is 6.41. The van der Waals surface area contributed by atoms with Crippen molar-refractivity contribution in [3.05, 3.63) is 70.7 Å². The fraction of sp³-hybridized carbons (Fsp3) is 0.393. The molecule has 3 aromatic rings. The number of nitrogens with zero attached hydrogens (tertiary/aromatic N) is 2. The van der Waals surface area contributed by atoms with E-state index in [2.05, 4.69) is 16.8 Å². The highest BCUT2D eigenvalue weighted by Crippen LogP contribution is 2.28. The fourth-order valence-corrected chi connectivity index (χ4v) is 4.80. The Morgan fingerprint density at radius 3 is 2.42 bits per heavy atom. The molecule has 7 nitrogen and oxygen atoms in total. The lowest BCUT2D eigenvalue weighted by atomic mass is 10.0. The Morgan fingerprint density at radius 1 is 1.06 bits per heavy atom. The number of piperazine rings is 1. The van der Waals surface area contributed by atoms with Gasteiger partial charge in [-0.3, -0.25) is 14.5 Å². The summed E-state index contributed by atoms with van der Waals surface area (Å²) in [5, 5.41) is 0.606. The molecular weight excluding hydrogens is 461 g/mol. The number of aryl methyl sites for hydroxylation is 1. The summed E-state index contributed by atoms with van der Waals surface area (Å²) < 4.78 is 18.3. The van der Waals surface area contributed by atoms with Crippen molar-refractivity contribution in [2.24, 2.45) is 0 Å². The minimum atomic E-state index is -0.913. The Kier molecular flexibility index (Phi) is 7.26. The summed E-state index contributed by atoms with van der Waals surface area (Å²) in [6, 6.07) is 11.4. The van der Waals surface area contributed by atoms with Crippen LogP contribution in [0.2, 0.25) is 0 Å². The molecule has 2 heterocycles. The van der Waals surface area contributed by atoms with Crippen LogP contribution in [0, 0.1) is 12.7 Å². The second-order valence-electron chi connectivity index (χ2n) is 9.88. The molecule has 2 aromatic carbocycles. The molecule has 1 amide bonds. The molecule has 1 aromatic heterocycles. The highest BCUT2D eigenvalue weighted by Gasteiger charge is 2.34. The number of H-pyrrole nitrogens is 1. The highest BCUT2D eigenvalue weighted by atomic mass is 19.1. The smallest absolute Gasteiger partial charge is 0.379 e. The number of Topliss-reactive ketones (excluding diaryl/α,β-unsaturated/α-hetero) is 1. The van der Waals surface area contributed by atoms with E-state index in [9.17, 15) is 18.8 Å². The van der Waals surface area contributed by atoms with Crippen LogP contribution in [0.3, 0.4) is 0 Å². The second kappa shape index (κ2) is 10.2. The molecule has 1 fully saturated rings. The van der Waals surface area contributed by atoms with E-state index in [-0.39, 0.29) is 29.4 Å². The van der Waals surface area contributed by atoms with Crippen molar-refractivity contribution in [3.8, 4) is 0 Å². The molecular formula is C28H32FN3O4. The number of ketones is 1. The van der Waals surface area contributed by atoms with Crippen LogP contribution in [0.4, 0.5) is 4.39 Å². The third-order valence-electron chi connectivity index (χ3n) is 6.67. The van der Waals surface area contributed by atoms with Gasteiger partial charge in [0.2, 0.25) is 0 Å². The van der Waals surface area contributed by atoms with Crippen molar-refractivity contribution in [1.29, 1.82) is 0 Å². The van der Waals surface area contributed by atoms with Crippen LogP contribution in [-0.2, 0) is 16.1 Å². The van der Waals surface area contributed by atoms with Gasteiger partial charge in [0.05, 0.1) is 11.7 Å². The van der Waals surface area contributed by atoms with E-state index in [0.717, 1.165) is 11.1 Å². The number of carbonyl (C=O) groups excluding carboxylic acids is 3. The first-order valence-electron chi connectivity index (χ1n) is 12.2. The van der Waals surface area contributed by atoms with Crippen LogP contribution in [0.15, 0.2) is 42.5 Å². The molecule has 1 saturated heterocycles. The van der Waals surface area contributed by atoms with E-state index < -0.39 is 17.9 Å². The number of aromatic amines is 1. The van der Waals surface area contributed by atoms with Gasteiger partial charge in [0, 0.05) is 53.9 Å². The van der Waals surface area contributed by atoms with Crippen LogP contribution in [-0.4, -0.2) is 63.7 Å². The summed E-state index contributed by atoms with van der Waals surface area (Å²) in [6.45, 7) is 11.2. The zero-order valence-electron chi connectivity index (χ0n) is 21.3. The first kappa shape index (κ1) is 25.6. The molecule has 0 radical (unpaired) electrons. The number of carbonyl (C=O) groups is 3. The van der Waals surface area contributed by atoms with Gasteiger partial charge in [-0.1, -0.05) is 12.1 Å². The molecule has 1 N–H and O–H groups in total. The quantitative estimate of drug-likeness (QED) is 0.311. The maximum atomic E-state index is 13.8. The van der Waals surface area contributed by atoms with E-state index in [1.54, 1.807) is 44.2 Å². The summed E-state index contributed by atoms with van der Waals surface area (Å²) in [7, 11) is 0. The van der Waals surface area contributed by atoms with E-state index in [1.807, 2.05) is 18.7 Å². The average Bonchev–Trinajstić information content (AvgIpc) is 3.16. The van der Waals surface area contributed by atoms with Gasteiger partial charge in [0.1, 0.15) is 5.82 Å². The summed E-state index contributed by atoms with van der Waals surface area (Å²) >= 11 is 0. The minimum absolute atomic E-state index is 0.0515. The molecule has 1 aliphatic heterocycles. The van der Waals surface area contributed by atoms with Gasteiger partial charge in [-0.25, -0.2) is 9.18 Å². The zero-order chi connectivity index (χ0) is 26.1. The summed E-state index contributed by atoms with van der Waals surface area (Å²) in [5.41, 5.74) is 3.14. The Balaban J connectivity index is 1.56. The molecule has 8 heteroatoms. The van der Waals surface area contributed by atoms with E-state index in [1.165, 1.54) is 12.1 Å². The number of amides is 1. The summed E-state index contributed by atoms with van der Waals surface area (Å²) in [5.74, 6) is -2.02. The maximum Gasteiger partial charge on any atom is 0.379 e. The van der Waals surface area contributed by atoms with Crippen LogP contribution in [0.25, 0.3) is 10.9 Å². The number of aromatic nitrogens is 1. The SMILES string of the molecule is Cc1[nH]c2ccc(C(=O)C(=O)OC(C)C)cc2c1C(=O)N1C[C@H](C)N(Cc2ccc(F)cc2)C[C@H]1C. The van der Waals surface area contributed by atoms with Crippen LogP contribution < -0.4 is 0 Å². The van der Waals surface area contributed by atoms with Crippen molar-refractivity contribution in [2.45, 2.75) is 59.4 Å². The van der Waals surface area contributed by atoms with Gasteiger partial charge in [0.15, 0.2) is 0 Å². The lowest BCUT2D eigenvalue weighted by Crippen LogP contribution is -2.57. The summed E-state index contributed by atoms with van der Waals surface area (Å²) in [4.78, 5) is 45.9. The van der Waals surface area contributed by atoms with E-state index in [4.69, 9.17) is 4.74 Å². The molecule has 1 aliphatic rings. The fourth-order valence-electron chi connectivity index (χ4n) is 4.80. The Morgan fingerprint density at radius 2 is 1.75 bits per heavy atom. The number of hydrogen-bond donors (Lipinski definition) is 1. The Labute approximate surface area is 210 Å². The van der Waals surface area contributed by atoms with E-state index in [0.29, 0.717) is 36.3 Å². The number of rotatable bonds is 6. The predicted octanol–water partition coefficient (Wildman–Crippen LogP) is 4.48. The van der Waals surface area contributed by atoms with Gasteiger partial charge in [-0.15, -0.1) is 0 Å². The zero-order valence-corrected chi connectivity index (χ0v) is 21.3. The van der Waals surface area contributed by atoms with Crippen molar-refractivity contribution in [2.75, 3.05) is 13.1 Å². The third kappa shape index (κ3) is 5.18. The number of hydrogen-bond acceptors (Lipinski definition) is 5. The molecule has 2 atom stereocenters. The average molecular weight is 494 g/mol. The summed E-state index contributed by atoms with van der Waals surface area (Å²) in [6.07, 6.45) is -0.401. The first-order valence-corrected chi connectivity index (χ1v) is 12.2. The van der Waals surface area contributed by atoms with Gasteiger partial charge < -0.3 is 14.6 Å². The maximum absolute atomic E-state index is 13.8. The topological polar surface area (TPSA) is 82.7 Å². The van der Waals surface area contributed by atoms with E-state index >= 15 is 0 Å². The van der Waals surface area contributed by atoms with Crippen LogP contribution in [0.1, 0.15) is 59.7 Å². The molecule has 0 saturated carbocycles. The second-order valence-corrected chi connectivity index (χ2v) is 9.88. The normalized spacial score (nSPS) is 18.6. The monoisotopic (exact) mass is 493 g/mol. The van der Waals surface area contributed by atoms with Crippen LogP contribution in [0.5, 0.6) is 0 Å². The molecule has 0 spiro atoms. The lowest BCUT2D eigenvalue weighted by Gasteiger charge is -2.44. The largest absolute Gasteiger partial charge is 0.457 e. The molecule has 0 aliphatic carbocycles. The number of fused-ring (bicyclic) bond motifs is 1. The van der Waals surface area contributed by atoms with Gasteiger partial charge in [0.25, 0.3) is 11.7 Å². The molecule has 0 bridgehead atoms. The molecule has 4 rings (SSSR count). The van der Waals surface area contributed by atoms with Crippen molar-refractivity contribution in [1.82, 2.24) is 14.8 Å². The minimum Gasteiger partial charge on any atom is -0.457 e. The molecule has 0 unspecified atom stereocenters. The Hall–Kier alpha value is -3.52. The third-order valence-corrected chi connectivity index (χ3v) is 6.67. The number of nitrogens with one attached hydrogen (secondary N) is 1. The van der Waals surface area contributed by atoms with Gasteiger partial charge in [-0.05, 0) is 70.5 Å². The Bertz CT molecular complexity index is 1300. The first-order chi connectivity index (χ1) is 17.0. The predicted molar refractivity (Wildman–Crippen MR) is 135 cm³/mol. The number of halogens is 1. The van der Waals surface area contributed by atoms with Crippen LogP contribution >= 0.6 is 0 Å². The van der Waals surface area contributed by atoms with Gasteiger partial charge in [-0.2, -0.15) is 0 Å².